The van der Waals surface area contributed by atoms with Crippen LogP contribution < -0.4 is 0 Å². The maximum absolute atomic E-state index is 12.5. The summed E-state index contributed by atoms with van der Waals surface area (Å²) in [6.45, 7) is 5.66. The molecule has 1 amide bonds. The fraction of sp³-hybridized carbons (Fsp3) is 0.588. The second-order valence-corrected chi connectivity index (χ2v) is 6.73. The molecular weight excluding hydrogens is 298 g/mol. The Bertz CT molecular complexity index is 502. The van der Waals surface area contributed by atoms with E-state index in [-0.39, 0.29) is 24.2 Å². The number of fused-ring (bicyclic) bond motifs is 1. The smallest absolute Gasteiger partial charge is 0.227 e. The minimum absolute atomic E-state index is 0.160. The topological polar surface area (TPSA) is 38.8 Å². The molecule has 0 radical (unpaired) electrons. The van der Waals surface area contributed by atoms with Crippen molar-refractivity contribution in [2.24, 2.45) is 0 Å². The van der Waals surface area contributed by atoms with E-state index in [9.17, 15) is 4.79 Å². The highest BCUT2D eigenvalue weighted by molar-refractivity contribution is 7.07. The highest BCUT2D eigenvalue weighted by Gasteiger charge is 2.41. The van der Waals surface area contributed by atoms with Crippen LogP contribution in [0.15, 0.2) is 29.5 Å². The predicted octanol–water partition coefficient (Wildman–Crippen LogP) is 2.64. The molecule has 2 saturated heterocycles. The minimum Gasteiger partial charge on any atom is -0.375 e. The number of amides is 1. The number of likely N-dealkylation sites (tertiary alicyclic amines) is 1. The van der Waals surface area contributed by atoms with Crippen molar-refractivity contribution in [3.63, 3.8) is 0 Å². The van der Waals surface area contributed by atoms with Crippen molar-refractivity contribution in [3.8, 4) is 0 Å². The maximum atomic E-state index is 12.5. The second kappa shape index (κ2) is 7.40. The molecule has 0 unspecified atom stereocenters. The van der Waals surface area contributed by atoms with Crippen LogP contribution in [0.1, 0.15) is 24.8 Å². The van der Waals surface area contributed by atoms with Crippen molar-refractivity contribution in [1.29, 1.82) is 0 Å². The van der Waals surface area contributed by atoms with Gasteiger partial charge in [-0.1, -0.05) is 6.08 Å². The molecule has 0 bridgehead atoms. The lowest BCUT2D eigenvalue weighted by molar-refractivity contribution is -0.138. The molecule has 0 saturated carbocycles. The Morgan fingerprint density at radius 2 is 2.41 bits per heavy atom. The molecule has 2 fully saturated rings. The molecule has 4 nitrogen and oxygen atoms in total. The van der Waals surface area contributed by atoms with Crippen molar-refractivity contribution in [1.82, 2.24) is 4.90 Å². The van der Waals surface area contributed by atoms with Gasteiger partial charge >= 0.3 is 0 Å². The molecule has 3 heterocycles. The van der Waals surface area contributed by atoms with E-state index in [0.29, 0.717) is 19.6 Å². The predicted molar refractivity (Wildman–Crippen MR) is 87.1 cm³/mol. The molecule has 2 aliphatic rings. The van der Waals surface area contributed by atoms with Gasteiger partial charge in [0.1, 0.15) is 0 Å². The van der Waals surface area contributed by atoms with Crippen LogP contribution in [0.3, 0.4) is 0 Å². The number of nitrogens with zero attached hydrogens (tertiary/aromatic N) is 1. The maximum Gasteiger partial charge on any atom is 0.227 e. The quantitative estimate of drug-likeness (QED) is 0.597. The lowest BCUT2D eigenvalue weighted by Crippen LogP contribution is -2.46. The van der Waals surface area contributed by atoms with Gasteiger partial charge in [0.25, 0.3) is 0 Å². The third-order valence-electron chi connectivity index (χ3n) is 4.43. The zero-order valence-corrected chi connectivity index (χ0v) is 13.6. The molecule has 0 aromatic carbocycles. The average Bonchev–Trinajstić information content (AvgIpc) is 3.16. The molecular formula is C17H23NO3S. The first-order valence-electron chi connectivity index (χ1n) is 7.92. The number of hydrogen-bond donors (Lipinski definition) is 0. The number of carbonyl (C=O) groups excluding carboxylic acids is 1. The highest BCUT2D eigenvalue weighted by atomic mass is 32.1. The van der Waals surface area contributed by atoms with Crippen LogP contribution in [0.4, 0.5) is 0 Å². The van der Waals surface area contributed by atoms with Gasteiger partial charge < -0.3 is 14.4 Å². The Labute approximate surface area is 135 Å². The van der Waals surface area contributed by atoms with Crippen molar-refractivity contribution in [2.45, 2.75) is 43.9 Å². The van der Waals surface area contributed by atoms with E-state index in [1.54, 1.807) is 17.4 Å². The van der Waals surface area contributed by atoms with Gasteiger partial charge in [-0.25, -0.2) is 0 Å². The van der Waals surface area contributed by atoms with Crippen LogP contribution in [0, 0.1) is 0 Å². The summed E-state index contributed by atoms with van der Waals surface area (Å²) in [6.07, 6.45) is 5.52. The Kier molecular flexibility index (Phi) is 5.28. The second-order valence-electron chi connectivity index (χ2n) is 5.95. The normalized spacial score (nSPS) is 27.6. The summed E-state index contributed by atoms with van der Waals surface area (Å²) in [6, 6.07) is 2.28. The fourth-order valence-corrected chi connectivity index (χ4v) is 4.05. The first-order valence-corrected chi connectivity index (χ1v) is 8.87. The van der Waals surface area contributed by atoms with Gasteiger partial charge in [-0.05, 0) is 41.7 Å². The summed E-state index contributed by atoms with van der Waals surface area (Å²) in [5.74, 6) is 0.232. The zero-order valence-electron chi connectivity index (χ0n) is 12.8. The summed E-state index contributed by atoms with van der Waals surface area (Å²) >= 11 is 1.64. The molecule has 3 atom stereocenters. The van der Waals surface area contributed by atoms with E-state index >= 15 is 0 Å². The van der Waals surface area contributed by atoms with Crippen molar-refractivity contribution >= 4 is 17.2 Å². The largest absolute Gasteiger partial charge is 0.375 e. The summed E-state index contributed by atoms with van der Waals surface area (Å²) in [5.41, 5.74) is 1.12. The Morgan fingerprint density at radius 3 is 3.18 bits per heavy atom. The van der Waals surface area contributed by atoms with E-state index in [2.05, 4.69) is 12.0 Å². The van der Waals surface area contributed by atoms with Gasteiger partial charge in [0.2, 0.25) is 5.91 Å². The summed E-state index contributed by atoms with van der Waals surface area (Å²) < 4.78 is 11.6. The molecule has 120 valence electrons. The lowest BCUT2D eigenvalue weighted by atomic mass is 9.99. The molecule has 3 rings (SSSR count). The van der Waals surface area contributed by atoms with E-state index in [1.165, 1.54) is 0 Å². The molecule has 0 aliphatic carbocycles. The van der Waals surface area contributed by atoms with Crippen LogP contribution in [-0.4, -0.2) is 48.8 Å². The van der Waals surface area contributed by atoms with Crippen LogP contribution in [0.5, 0.6) is 0 Å². The number of hydrogen-bond acceptors (Lipinski definition) is 4. The van der Waals surface area contributed by atoms with Crippen molar-refractivity contribution in [2.75, 3.05) is 19.8 Å². The van der Waals surface area contributed by atoms with Crippen LogP contribution in [0.2, 0.25) is 0 Å². The Hall–Kier alpha value is -1.17. The standard InChI is InChI=1S/C17H23NO3S/c1-2-8-20-11-14-3-4-15-16(21-14)5-7-18(15)17(19)10-13-6-9-22-12-13/h2,6,9,12,14-16H,1,3-5,7-8,10-11H2/t14-,15+,16+/m0/s1. The van der Waals surface area contributed by atoms with E-state index in [1.807, 2.05) is 16.3 Å². The van der Waals surface area contributed by atoms with Gasteiger partial charge in [-0.3, -0.25) is 4.79 Å². The molecule has 22 heavy (non-hydrogen) atoms. The molecule has 0 spiro atoms. The molecule has 0 N–H and O–H groups in total. The monoisotopic (exact) mass is 321 g/mol. The number of carbonyl (C=O) groups is 1. The highest BCUT2D eigenvalue weighted by Crippen LogP contribution is 2.32. The third-order valence-corrected chi connectivity index (χ3v) is 5.16. The Balaban J connectivity index is 1.51. The summed E-state index contributed by atoms with van der Waals surface area (Å²) in [4.78, 5) is 14.5. The fourth-order valence-electron chi connectivity index (χ4n) is 3.38. The van der Waals surface area contributed by atoms with Crippen molar-refractivity contribution in [3.05, 3.63) is 35.0 Å². The van der Waals surface area contributed by atoms with Crippen LogP contribution in [0.25, 0.3) is 0 Å². The third kappa shape index (κ3) is 3.59. The van der Waals surface area contributed by atoms with Gasteiger partial charge in [0, 0.05) is 6.54 Å². The summed E-state index contributed by atoms with van der Waals surface area (Å²) in [5, 5.41) is 4.07. The van der Waals surface area contributed by atoms with Gasteiger partial charge in [-0.15, -0.1) is 6.58 Å². The van der Waals surface area contributed by atoms with E-state index in [4.69, 9.17) is 9.47 Å². The first-order chi connectivity index (χ1) is 10.8. The Morgan fingerprint density at radius 1 is 1.50 bits per heavy atom. The van der Waals surface area contributed by atoms with Crippen LogP contribution >= 0.6 is 11.3 Å². The van der Waals surface area contributed by atoms with Gasteiger partial charge in [0.05, 0.1) is 37.9 Å². The number of thiophene rings is 1. The molecule has 1 aromatic heterocycles. The van der Waals surface area contributed by atoms with Crippen LogP contribution in [-0.2, 0) is 20.7 Å². The number of rotatable bonds is 6. The SMILES string of the molecule is C=CCOC[C@@H]1CC[C@@H]2[C@@H](CCN2C(=O)Cc2ccsc2)O1. The average molecular weight is 321 g/mol. The first kappa shape index (κ1) is 15.7. The van der Waals surface area contributed by atoms with Gasteiger partial charge in [-0.2, -0.15) is 11.3 Å². The summed E-state index contributed by atoms with van der Waals surface area (Å²) in [7, 11) is 0. The van der Waals surface area contributed by atoms with E-state index < -0.39 is 0 Å². The van der Waals surface area contributed by atoms with E-state index in [0.717, 1.165) is 31.4 Å². The molecule has 5 heteroatoms. The molecule has 2 aliphatic heterocycles. The minimum atomic E-state index is 0.160. The lowest BCUT2D eigenvalue weighted by Gasteiger charge is -2.35. The zero-order chi connectivity index (χ0) is 15.4. The van der Waals surface area contributed by atoms with Crippen molar-refractivity contribution < 1.29 is 14.3 Å². The number of ether oxygens (including phenoxy) is 2. The van der Waals surface area contributed by atoms with Gasteiger partial charge in [0.15, 0.2) is 0 Å². The molecule has 1 aromatic rings.